The van der Waals surface area contributed by atoms with Gasteiger partial charge in [-0.25, -0.2) is 0 Å². The van der Waals surface area contributed by atoms with Gasteiger partial charge in [0.2, 0.25) is 0 Å². The lowest BCUT2D eigenvalue weighted by Gasteiger charge is -2.15. The van der Waals surface area contributed by atoms with Crippen molar-refractivity contribution in [2.24, 2.45) is 0 Å². The van der Waals surface area contributed by atoms with Crippen molar-refractivity contribution in [1.82, 2.24) is 5.32 Å². The van der Waals surface area contributed by atoms with E-state index in [9.17, 15) is 0 Å². The lowest BCUT2D eigenvalue weighted by atomic mass is 10.2. The van der Waals surface area contributed by atoms with Gasteiger partial charge < -0.3 is 10.1 Å². The van der Waals surface area contributed by atoms with Gasteiger partial charge in [-0.15, -0.1) is 0 Å². The number of benzene rings is 1. The molecule has 0 saturated heterocycles. The molecule has 2 heteroatoms. The van der Waals surface area contributed by atoms with Gasteiger partial charge in [-0.05, 0) is 12.5 Å². The fourth-order valence-electron chi connectivity index (χ4n) is 1.84. The van der Waals surface area contributed by atoms with Crippen LogP contribution < -0.4 is 10.1 Å². The van der Waals surface area contributed by atoms with Crippen molar-refractivity contribution in [2.75, 3.05) is 6.54 Å². The van der Waals surface area contributed by atoms with E-state index in [4.69, 9.17) is 4.74 Å². The van der Waals surface area contributed by atoms with E-state index in [0.717, 1.165) is 25.3 Å². The minimum atomic E-state index is 0.337. The molecule has 1 aliphatic rings. The number of rotatable bonds is 2. The largest absolute Gasteiger partial charge is 0.489 e. The smallest absolute Gasteiger partial charge is 0.124 e. The first-order valence-corrected chi connectivity index (χ1v) is 5.35. The first-order valence-electron chi connectivity index (χ1n) is 5.35. The molecule has 0 spiro atoms. The molecule has 1 aromatic rings. The molecule has 0 bridgehead atoms. The quantitative estimate of drug-likeness (QED) is 0.774. The second-order valence-corrected chi connectivity index (χ2v) is 3.77. The van der Waals surface area contributed by atoms with Gasteiger partial charge in [-0.3, -0.25) is 0 Å². The van der Waals surface area contributed by atoms with E-state index in [0.29, 0.717) is 6.10 Å². The molecule has 1 N–H and O–H groups in total. The summed E-state index contributed by atoms with van der Waals surface area (Å²) in [6.07, 6.45) is 2.64. The first kappa shape index (κ1) is 9.53. The fourth-order valence-corrected chi connectivity index (χ4v) is 1.84. The van der Waals surface area contributed by atoms with Gasteiger partial charge in [-0.2, -0.15) is 0 Å². The molecule has 14 heavy (non-hydrogen) atoms. The second-order valence-electron chi connectivity index (χ2n) is 3.77. The average molecular weight is 191 g/mol. The van der Waals surface area contributed by atoms with Gasteiger partial charge in [0.25, 0.3) is 0 Å². The Morgan fingerprint density at radius 1 is 1.43 bits per heavy atom. The van der Waals surface area contributed by atoms with Crippen LogP contribution in [0.3, 0.4) is 0 Å². The summed E-state index contributed by atoms with van der Waals surface area (Å²) in [4.78, 5) is 0. The zero-order chi connectivity index (χ0) is 9.80. The highest BCUT2D eigenvalue weighted by atomic mass is 16.5. The highest BCUT2D eigenvalue weighted by molar-refractivity contribution is 5.34. The normalized spacial score (nSPS) is 20.8. The zero-order valence-electron chi connectivity index (χ0n) is 8.62. The number of para-hydroxylation sites is 1. The Morgan fingerprint density at radius 2 is 2.29 bits per heavy atom. The van der Waals surface area contributed by atoms with Crippen molar-refractivity contribution in [3.05, 3.63) is 29.8 Å². The number of nitrogens with one attached hydrogen (secondary N) is 1. The fraction of sp³-hybridized carbons (Fsp3) is 0.500. The second kappa shape index (κ2) is 4.47. The maximum absolute atomic E-state index is 5.93. The molecule has 0 radical (unpaired) electrons. The summed E-state index contributed by atoms with van der Waals surface area (Å²) in [6.45, 7) is 4.08. The molecular formula is C12H17NO. The van der Waals surface area contributed by atoms with E-state index in [1.165, 1.54) is 12.0 Å². The first-order chi connectivity index (χ1) is 6.90. The molecule has 1 atom stereocenters. The third kappa shape index (κ3) is 2.07. The van der Waals surface area contributed by atoms with Crippen LogP contribution in [0.2, 0.25) is 0 Å². The summed E-state index contributed by atoms with van der Waals surface area (Å²) < 4.78 is 5.93. The van der Waals surface area contributed by atoms with Crippen molar-refractivity contribution in [3.63, 3.8) is 0 Å². The summed E-state index contributed by atoms with van der Waals surface area (Å²) in [5.74, 6) is 1.05. The molecule has 1 aliphatic heterocycles. The van der Waals surface area contributed by atoms with E-state index in [2.05, 4.69) is 30.4 Å². The molecule has 0 aliphatic carbocycles. The highest BCUT2D eigenvalue weighted by Crippen LogP contribution is 2.22. The van der Waals surface area contributed by atoms with Gasteiger partial charge in [0.15, 0.2) is 0 Å². The van der Waals surface area contributed by atoms with Gasteiger partial charge >= 0.3 is 0 Å². The van der Waals surface area contributed by atoms with Crippen molar-refractivity contribution in [3.8, 4) is 5.75 Å². The minimum absolute atomic E-state index is 0.337. The highest BCUT2D eigenvalue weighted by Gasteiger charge is 2.15. The Hall–Kier alpha value is -1.02. The average Bonchev–Trinajstić information content (AvgIpc) is 2.40. The maximum Gasteiger partial charge on any atom is 0.124 e. The zero-order valence-corrected chi connectivity index (χ0v) is 8.62. The third-order valence-corrected chi connectivity index (χ3v) is 2.56. The van der Waals surface area contributed by atoms with Crippen LogP contribution in [0.5, 0.6) is 5.75 Å². The molecular weight excluding hydrogens is 174 g/mol. The summed E-state index contributed by atoms with van der Waals surface area (Å²) in [7, 11) is 0. The number of ether oxygens (including phenoxy) is 1. The summed E-state index contributed by atoms with van der Waals surface area (Å²) in [5, 5.41) is 3.41. The van der Waals surface area contributed by atoms with Crippen LogP contribution in [0.25, 0.3) is 0 Å². The van der Waals surface area contributed by atoms with Crippen LogP contribution in [0.4, 0.5) is 0 Å². The number of fused-ring (bicyclic) bond motifs is 1. The van der Waals surface area contributed by atoms with Crippen LogP contribution in [-0.2, 0) is 6.54 Å². The maximum atomic E-state index is 5.93. The van der Waals surface area contributed by atoms with Crippen molar-refractivity contribution in [1.29, 1.82) is 0 Å². The molecule has 1 heterocycles. The lowest BCUT2D eigenvalue weighted by Crippen LogP contribution is -2.27. The molecule has 1 unspecified atom stereocenters. The monoisotopic (exact) mass is 191 g/mol. The van der Waals surface area contributed by atoms with E-state index in [1.54, 1.807) is 0 Å². The Bertz CT molecular complexity index is 298. The van der Waals surface area contributed by atoms with Gasteiger partial charge in [-0.1, -0.05) is 31.5 Å². The van der Waals surface area contributed by atoms with Crippen LogP contribution >= 0.6 is 0 Å². The van der Waals surface area contributed by atoms with Gasteiger partial charge in [0, 0.05) is 18.7 Å². The van der Waals surface area contributed by atoms with E-state index in [-0.39, 0.29) is 0 Å². The summed E-state index contributed by atoms with van der Waals surface area (Å²) in [5.41, 5.74) is 1.27. The molecule has 0 aromatic heterocycles. The summed E-state index contributed by atoms with van der Waals surface area (Å²) in [6, 6.07) is 8.28. The Kier molecular flexibility index (Phi) is 3.04. The number of hydrogen-bond acceptors (Lipinski definition) is 2. The predicted molar refractivity (Wildman–Crippen MR) is 57.5 cm³/mol. The third-order valence-electron chi connectivity index (χ3n) is 2.56. The number of hydrogen-bond donors (Lipinski definition) is 1. The van der Waals surface area contributed by atoms with Gasteiger partial charge in [0.05, 0.1) is 0 Å². The molecule has 2 rings (SSSR count). The lowest BCUT2D eigenvalue weighted by molar-refractivity contribution is 0.194. The van der Waals surface area contributed by atoms with E-state index in [1.807, 2.05) is 6.07 Å². The molecule has 1 aromatic carbocycles. The van der Waals surface area contributed by atoms with Crippen LogP contribution in [0, 0.1) is 0 Å². The van der Waals surface area contributed by atoms with Crippen LogP contribution in [-0.4, -0.2) is 12.6 Å². The molecule has 76 valence electrons. The predicted octanol–water partition coefficient (Wildman–Crippen LogP) is 2.34. The van der Waals surface area contributed by atoms with Gasteiger partial charge in [0.1, 0.15) is 11.9 Å². The Labute approximate surface area is 85.3 Å². The van der Waals surface area contributed by atoms with Crippen LogP contribution in [0.1, 0.15) is 25.3 Å². The topological polar surface area (TPSA) is 21.3 Å². The van der Waals surface area contributed by atoms with Crippen molar-refractivity contribution in [2.45, 2.75) is 32.4 Å². The SMILES string of the molecule is CCCC1CNCc2ccccc2O1. The molecule has 0 fully saturated rings. The van der Waals surface area contributed by atoms with E-state index < -0.39 is 0 Å². The van der Waals surface area contributed by atoms with Crippen molar-refractivity contribution < 1.29 is 4.74 Å². The van der Waals surface area contributed by atoms with E-state index >= 15 is 0 Å². The standard InChI is InChI=1S/C12H17NO/c1-2-5-11-9-13-8-10-6-3-4-7-12(10)14-11/h3-4,6-7,11,13H,2,5,8-9H2,1H3. The summed E-state index contributed by atoms with van der Waals surface area (Å²) >= 11 is 0. The van der Waals surface area contributed by atoms with Crippen LogP contribution in [0.15, 0.2) is 24.3 Å². The molecule has 0 amide bonds. The molecule has 2 nitrogen and oxygen atoms in total. The Morgan fingerprint density at radius 3 is 3.14 bits per heavy atom. The minimum Gasteiger partial charge on any atom is -0.489 e. The van der Waals surface area contributed by atoms with Crippen molar-refractivity contribution >= 4 is 0 Å². The molecule has 0 saturated carbocycles. The Balaban J connectivity index is 2.14.